The Labute approximate surface area is 137 Å². The monoisotopic (exact) mass is 313 g/mol. The van der Waals surface area contributed by atoms with Crippen LogP contribution in [0.15, 0.2) is 48.5 Å². The van der Waals surface area contributed by atoms with E-state index in [-0.39, 0.29) is 11.9 Å². The lowest BCUT2D eigenvalue weighted by molar-refractivity contribution is 0.0935. The number of thioether (sulfide) groups is 1. The average Bonchev–Trinajstić information content (AvgIpc) is 2.54. The van der Waals surface area contributed by atoms with Gasteiger partial charge in [0, 0.05) is 11.3 Å². The molecule has 0 fully saturated rings. The van der Waals surface area contributed by atoms with Crippen molar-refractivity contribution in [2.45, 2.75) is 32.1 Å². The smallest absolute Gasteiger partial charge is 0.251 e. The molecule has 0 aliphatic rings. The summed E-state index contributed by atoms with van der Waals surface area (Å²) in [5.41, 5.74) is 4.35. The minimum absolute atomic E-state index is 0.0110. The lowest BCUT2D eigenvalue weighted by Crippen LogP contribution is -2.28. The van der Waals surface area contributed by atoms with Gasteiger partial charge in [-0.3, -0.25) is 4.79 Å². The van der Waals surface area contributed by atoms with Crippen LogP contribution in [0.1, 0.15) is 46.4 Å². The quantitative estimate of drug-likeness (QED) is 0.834. The van der Waals surface area contributed by atoms with Crippen LogP contribution in [0.3, 0.4) is 0 Å². The van der Waals surface area contributed by atoms with Gasteiger partial charge in [0.2, 0.25) is 0 Å². The summed E-state index contributed by atoms with van der Waals surface area (Å²) in [6.07, 6.45) is 2.95. The zero-order valence-corrected chi connectivity index (χ0v) is 14.2. The Balaban J connectivity index is 2.06. The predicted molar refractivity (Wildman–Crippen MR) is 95.3 cm³/mol. The Kier molecular flexibility index (Phi) is 6.08. The van der Waals surface area contributed by atoms with Crippen LogP contribution in [0.4, 0.5) is 0 Å². The first-order valence-corrected chi connectivity index (χ1v) is 8.98. The number of amides is 1. The number of aryl methyl sites for hydroxylation is 1. The molecule has 0 saturated heterocycles. The summed E-state index contributed by atoms with van der Waals surface area (Å²) in [6, 6.07) is 16.3. The highest BCUT2D eigenvalue weighted by Gasteiger charge is 2.13. The highest BCUT2D eigenvalue weighted by Crippen LogP contribution is 2.18. The van der Waals surface area contributed by atoms with Gasteiger partial charge in [0.25, 0.3) is 5.91 Å². The zero-order chi connectivity index (χ0) is 15.9. The molecule has 0 spiro atoms. The predicted octanol–water partition coefficient (Wildman–Crippen LogP) is 4.74. The van der Waals surface area contributed by atoms with E-state index in [0.717, 1.165) is 23.3 Å². The SMILES string of the molecule is CC[C@@H](NC(=O)c1ccc(CSC)cc1)c1ccc(C)cc1. The van der Waals surface area contributed by atoms with Gasteiger partial charge in [0.1, 0.15) is 0 Å². The van der Waals surface area contributed by atoms with Crippen molar-refractivity contribution in [3.05, 3.63) is 70.8 Å². The molecule has 0 aliphatic carbocycles. The van der Waals surface area contributed by atoms with E-state index in [0.29, 0.717) is 0 Å². The molecule has 0 radical (unpaired) electrons. The summed E-state index contributed by atoms with van der Waals surface area (Å²) in [5, 5.41) is 3.13. The van der Waals surface area contributed by atoms with E-state index in [2.05, 4.69) is 49.7 Å². The molecule has 3 heteroatoms. The molecule has 2 rings (SSSR count). The van der Waals surface area contributed by atoms with Crippen molar-refractivity contribution < 1.29 is 4.79 Å². The highest BCUT2D eigenvalue weighted by molar-refractivity contribution is 7.97. The van der Waals surface area contributed by atoms with Gasteiger partial charge in [-0.1, -0.05) is 48.9 Å². The number of nitrogens with one attached hydrogen (secondary N) is 1. The van der Waals surface area contributed by atoms with Crippen LogP contribution in [0, 0.1) is 6.92 Å². The fourth-order valence-electron chi connectivity index (χ4n) is 2.38. The largest absolute Gasteiger partial charge is 0.345 e. The summed E-state index contributed by atoms with van der Waals surface area (Å²) in [6.45, 7) is 4.16. The van der Waals surface area contributed by atoms with E-state index in [1.807, 2.05) is 24.3 Å². The minimum atomic E-state index is -0.0110. The highest BCUT2D eigenvalue weighted by atomic mass is 32.2. The number of rotatable bonds is 6. The molecule has 0 bridgehead atoms. The fraction of sp³-hybridized carbons (Fsp3) is 0.316. The van der Waals surface area contributed by atoms with Crippen LogP contribution in [-0.2, 0) is 5.75 Å². The molecule has 1 N–H and O–H groups in total. The molecule has 0 aromatic heterocycles. The van der Waals surface area contributed by atoms with Crippen LogP contribution >= 0.6 is 11.8 Å². The van der Waals surface area contributed by atoms with Gasteiger partial charge < -0.3 is 5.32 Å². The number of benzene rings is 2. The molecule has 22 heavy (non-hydrogen) atoms. The van der Waals surface area contributed by atoms with Crippen molar-refractivity contribution in [1.29, 1.82) is 0 Å². The Morgan fingerprint density at radius 3 is 2.27 bits per heavy atom. The van der Waals surface area contributed by atoms with Crippen LogP contribution < -0.4 is 5.32 Å². The lowest BCUT2D eigenvalue weighted by Gasteiger charge is -2.18. The van der Waals surface area contributed by atoms with E-state index < -0.39 is 0 Å². The first-order chi connectivity index (χ1) is 10.6. The van der Waals surface area contributed by atoms with Crippen LogP contribution in [0.2, 0.25) is 0 Å². The van der Waals surface area contributed by atoms with Crippen molar-refractivity contribution in [2.24, 2.45) is 0 Å². The number of carbonyl (C=O) groups is 1. The maximum Gasteiger partial charge on any atom is 0.251 e. The second-order valence-electron chi connectivity index (χ2n) is 5.47. The van der Waals surface area contributed by atoms with Gasteiger partial charge in [-0.05, 0) is 42.9 Å². The summed E-state index contributed by atoms with van der Waals surface area (Å²) >= 11 is 1.78. The summed E-state index contributed by atoms with van der Waals surface area (Å²) in [4.78, 5) is 12.4. The Bertz CT molecular complexity index is 604. The van der Waals surface area contributed by atoms with Gasteiger partial charge in [-0.2, -0.15) is 11.8 Å². The average molecular weight is 313 g/mol. The van der Waals surface area contributed by atoms with E-state index >= 15 is 0 Å². The third-order valence-electron chi connectivity index (χ3n) is 3.72. The molecule has 1 amide bonds. The first-order valence-electron chi connectivity index (χ1n) is 7.59. The van der Waals surface area contributed by atoms with Crippen molar-refractivity contribution in [3.8, 4) is 0 Å². The maximum absolute atomic E-state index is 12.4. The van der Waals surface area contributed by atoms with Crippen molar-refractivity contribution in [1.82, 2.24) is 5.32 Å². The number of hydrogen-bond acceptors (Lipinski definition) is 2. The molecule has 1 atom stereocenters. The summed E-state index contributed by atoms with van der Waals surface area (Å²) in [7, 11) is 0. The van der Waals surface area contributed by atoms with E-state index in [4.69, 9.17) is 0 Å². The van der Waals surface area contributed by atoms with Crippen molar-refractivity contribution in [3.63, 3.8) is 0 Å². The van der Waals surface area contributed by atoms with Gasteiger partial charge in [0.15, 0.2) is 0 Å². The molecule has 2 aromatic carbocycles. The molecule has 0 saturated carbocycles. The standard InChI is InChI=1S/C19H23NOS/c1-4-18(16-9-5-14(2)6-10-16)20-19(21)17-11-7-15(8-12-17)13-22-3/h5-12,18H,4,13H2,1-3H3,(H,20,21)/t18-/m1/s1. The summed E-state index contributed by atoms with van der Waals surface area (Å²) < 4.78 is 0. The number of carbonyl (C=O) groups excluding carboxylic acids is 1. The van der Waals surface area contributed by atoms with Gasteiger partial charge in [-0.15, -0.1) is 0 Å². The second kappa shape index (κ2) is 8.04. The Morgan fingerprint density at radius 1 is 1.09 bits per heavy atom. The number of hydrogen-bond donors (Lipinski definition) is 1. The van der Waals surface area contributed by atoms with Gasteiger partial charge in [-0.25, -0.2) is 0 Å². The normalized spacial score (nSPS) is 12.0. The molecule has 116 valence electrons. The van der Waals surface area contributed by atoms with Crippen molar-refractivity contribution >= 4 is 17.7 Å². The fourth-order valence-corrected chi connectivity index (χ4v) is 2.91. The lowest BCUT2D eigenvalue weighted by atomic mass is 10.0. The third-order valence-corrected chi connectivity index (χ3v) is 4.34. The zero-order valence-electron chi connectivity index (χ0n) is 13.4. The molecule has 0 aliphatic heterocycles. The van der Waals surface area contributed by atoms with Crippen molar-refractivity contribution in [2.75, 3.05) is 6.26 Å². The third kappa shape index (κ3) is 4.38. The molecule has 0 unspecified atom stereocenters. The Morgan fingerprint density at radius 2 is 1.73 bits per heavy atom. The van der Waals surface area contributed by atoms with E-state index in [1.165, 1.54) is 11.1 Å². The topological polar surface area (TPSA) is 29.1 Å². The van der Waals surface area contributed by atoms with E-state index in [9.17, 15) is 4.79 Å². The van der Waals surface area contributed by atoms with Crippen LogP contribution in [0.5, 0.6) is 0 Å². The molecular weight excluding hydrogens is 290 g/mol. The summed E-state index contributed by atoms with van der Waals surface area (Å²) in [5.74, 6) is 0.964. The van der Waals surface area contributed by atoms with Crippen LogP contribution in [0.25, 0.3) is 0 Å². The van der Waals surface area contributed by atoms with Crippen LogP contribution in [-0.4, -0.2) is 12.2 Å². The first kappa shape index (κ1) is 16.6. The Hall–Kier alpha value is -1.74. The van der Waals surface area contributed by atoms with E-state index in [1.54, 1.807) is 11.8 Å². The molecule has 2 aromatic rings. The molecular formula is C19H23NOS. The maximum atomic E-state index is 12.4. The second-order valence-corrected chi connectivity index (χ2v) is 6.34. The molecule has 0 heterocycles. The van der Waals surface area contributed by atoms with Gasteiger partial charge >= 0.3 is 0 Å². The minimum Gasteiger partial charge on any atom is -0.345 e. The van der Waals surface area contributed by atoms with Gasteiger partial charge in [0.05, 0.1) is 6.04 Å². The molecule has 2 nitrogen and oxygen atoms in total.